The highest BCUT2D eigenvalue weighted by molar-refractivity contribution is 9.11. The Balaban J connectivity index is 3.20. The van der Waals surface area contributed by atoms with Crippen molar-refractivity contribution in [1.29, 1.82) is 0 Å². The van der Waals surface area contributed by atoms with Gasteiger partial charge in [-0.2, -0.15) is 4.39 Å². The van der Waals surface area contributed by atoms with Crippen LogP contribution in [0, 0.1) is 0 Å². The summed E-state index contributed by atoms with van der Waals surface area (Å²) in [5, 5.41) is 8.67. The third-order valence-corrected chi connectivity index (χ3v) is 1.86. The average Bonchev–Trinajstić information content (AvgIpc) is 2.04. The van der Waals surface area contributed by atoms with Crippen molar-refractivity contribution >= 4 is 27.5 Å². The predicted octanol–water partition coefficient (Wildman–Crippen LogP) is 2.80. The number of carbonyl (C=O) groups is 1. The highest BCUT2D eigenvalue weighted by Crippen LogP contribution is 2.23. The molecule has 68 valence electrons. The molecule has 13 heavy (non-hydrogen) atoms. The number of halogens is 2. The van der Waals surface area contributed by atoms with Gasteiger partial charge < -0.3 is 5.11 Å². The van der Waals surface area contributed by atoms with E-state index < -0.39 is 10.7 Å². The number of benzene rings is 1. The Morgan fingerprint density at radius 3 is 2.23 bits per heavy atom. The standard InChI is InChI=1S/C9H6BrFO2/c10-8(11)7(9(12)13)6-4-2-1-3-5-6/h1-5H,(H,12,13). The summed E-state index contributed by atoms with van der Waals surface area (Å²) >= 11 is 2.51. The van der Waals surface area contributed by atoms with Gasteiger partial charge in [0, 0.05) is 0 Å². The topological polar surface area (TPSA) is 37.3 Å². The molecular formula is C9H6BrFO2. The largest absolute Gasteiger partial charge is 0.478 e. The third kappa shape index (κ3) is 2.39. The molecule has 0 atom stereocenters. The van der Waals surface area contributed by atoms with E-state index in [0.717, 1.165) is 0 Å². The molecule has 0 unspecified atom stereocenters. The summed E-state index contributed by atoms with van der Waals surface area (Å²) in [7, 11) is 0. The molecule has 2 nitrogen and oxygen atoms in total. The Kier molecular flexibility index (Phi) is 3.19. The summed E-state index contributed by atoms with van der Waals surface area (Å²) in [4.78, 5) is 10.6. The van der Waals surface area contributed by atoms with Crippen LogP contribution in [0.3, 0.4) is 0 Å². The van der Waals surface area contributed by atoms with E-state index in [9.17, 15) is 9.18 Å². The molecule has 0 radical (unpaired) electrons. The molecule has 0 fully saturated rings. The van der Waals surface area contributed by atoms with E-state index in [1.165, 1.54) is 12.1 Å². The van der Waals surface area contributed by atoms with Crippen LogP contribution in [0.1, 0.15) is 5.56 Å². The fourth-order valence-corrected chi connectivity index (χ4v) is 1.32. The van der Waals surface area contributed by atoms with Crippen molar-refractivity contribution in [3.8, 4) is 0 Å². The first kappa shape index (κ1) is 9.92. The van der Waals surface area contributed by atoms with Crippen LogP contribution >= 0.6 is 15.9 Å². The Morgan fingerprint density at radius 2 is 1.85 bits per heavy atom. The Bertz CT molecular complexity index is 342. The molecule has 4 heteroatoms. The van der Waals surface area contributed by atoms with Gasteiger partial charge in [-0.3, -0.25) is 0 Å². The van der Waals surface area contributed by atoms with Crippen LogP contribution in [-0.4, -0.2) is 11.1 Å². The predicted molar refractivity (Wildman–Crippen MR) is 51.0 cm³/mol. The molecule has 0 spiro atoms. The van der Waals surface area contributed by atoms with Gasteiger partial charge in [0.1, 0.15) is 5.57 Å². The van der Waals surface area contributed by atoms with E-state index in [2.05, 4.69) is 15.9 Å². The second-order valence-electron chi connectivity index (χ2n) is 2.31. The van der Waals surface area contributed by atoms with E-state index in [1.807, 2.05) is 0 Å². The first-order chi connectivity index (χ1) is 6.13. The number of carboxylic acids is 1. The van der Waals surface area contributed by atoms with Crippen LogP contribution in [0.25, 0.3) is 5.57 Å². The normalized spacial score (nSPS) is 12.2. The number of aliphatic carboxylic acids is 1. The van der Waals surface area contributed by atoms with Crippen molar-refractivity contribution in [2.24, 2.45) is 0 Å². The molecule has 0 saturated heterocycles. The SMILES string of the molecule is O=C(O)C(=C(F)Br)c1ccccc1. The molecule has 0 aliphatic rings. The zero-order valence-corrected chi connectivity index (χ0v) is 8.08. The second kappa shape index (κ2) is 4.18. The molecule has 1 N–H and O–H groups in total. The maximum atomic E-state index is 12.7. The minimum Gasteiger partial charge on any atom is -0.478 e. The van der Waals surface area contributed by atoms with Crippen molar-refractivity contribution in [3.63, 3.8) is 0 Å². The zero-order valence-electron chi connectivity index (χ0n) is 6.50. The number of carboxylic acid groups (broad SMARTS) is 1. The fourth-order valence-electron chi connectivity index (χ4n) is 0.918. The van der Waals surface area contributed by atoms with Crippen molar-refractivity contribution in [2.45, 2.75) is 0 Å². The average molecular weight is 245 g/mol. The maximum Gasteiger partial charge on any atom is 0.339 e. The summed E-state index contributed by atoms with van der Waals surface area (Å²) < 4.78 is 11.8. The lowest BCUT2D eigenvalue weighted by atomic mass is 10.1. The highest BCUT2D eigenvalue weighted by Gasteiger charge is 2.14. The molecule has 0 heterocycles. The number of hydrogen-bond acceptors (Lipinski definition) is 1. The molecule has 1 aromatic rings. The Labute approximate surface area is 82.8 Å². The number of rotatable bonds is 2. The first-order valence-electron chi connectivity index (χ1n) is 3.47. The van der Waals surface area contributed by atoms with Gasteiger partial charge in [-0.15, -0.1) is 0 Å². The molecule has 1 rings (SSSR count). The quantitative estimate of drug-likeness (QED) is 0.813. The lowest BCUT2D eigenvalue weighted by Crippen LogP contribution is -1.99. The van der Waals surface area contributed by atoms with Crippen molar-refractivity contribution in [2.75, 3.05) is 0 Å². The second-order valence-corrected chi connectivity index (χ2v) is 3.00. The summed E-state index contributed by atoms with van der Waals surface area (Å²) in [5.74, 6) is -1.29. The van der Waals surface area contributed by atoms with Gasteiger partial charge in [-0.05, 0) is 21.5 Å². The van der Waals surface area contributed by atoms with Gasteiger partial charge in [-0.1, -0.05) is 30.3 Å². The Morgan fingerprint density at radius 1 is 1.31 bits per heavy atom. The summed E-state index contributed by atoms with van der Waals surface area (Å²) in [6, 6.07) is 8.09. The highest BCUT2D eigenvalue weighted by atomic mass is 79.9. The van der Waals surface area contributed by atoms with Crippen LogP contribution < -0.4 is 0 Å². The monoisotopic (exact) mass is 244 g/mol. The molecule has 0 aromatic heterocycles. The lowest BCUT2D eigenvalue weighted by molar-refractivity contribution is -0.130. The van der Waals surface area contributed by atoms with Gasteiger partial charge in [0.15, 0.2) is 4.74 Å². The minimum atomic E-state index is -1.29. The Hall–Kier alpha value is -1.16. The summed E-state index contributed by atoms with van der Waals surface area (Å²) in [6.07, 6.45) is 0. The van der Waals surface area contributed by atoms with Crippen LogP contribution in [0.4, 0.5) is 4.39 Å². The number of hydrogen-bond donors (Lipinski definition) is 1. The van der Waals surface area contributed by atoms with Crippen molar-refractivity contribution < 1.29 is 14.3 Å². The minimum absolute atomic E-state index is 0.337. The van der Waals surface area contributed by atoms with Gasteiger partial charge in [0.05, 0.1) is 0 Å². The van der Waals surface area contributed by atoms with Gasteiger partial charge in [0.25, 0.3) is 0 Å². The van der Waals surface area contributed by atoms with Crippen LogP contribution in [0.5, 0.6) is 0 Å². The fraction of sp³-hybridized carbons (Fsp3) is 0. The third-order valence-electron chi connectivity index (χ3n) is 1.47. The van der Waals surface area contributed by atoms with E-state index in [4.69, 9.17) is 5.11 Å². The molecule has 0 bridgehead atoms. The van der Waals surface area contributed by atoms with E-state index >= 15 is 0 Å². The zero-order chi connectivity index (χ0) is 9.84. The van der Waals surface area contributed by atoms with E-state index in [-0.39, 0.29) is 5.57 Å². The summed E-state index contributed by atoms with van der Waals surface area (Å²) in [6.45, 7) is 0. The van der Waals surface area contributed by atoms with Gasteiger partial charge in [-0.25, -0.2) is 4.79 Å². The van der Waals surface area contributed by atoms with Crippen LogP contribution in [-0.2, 0) is 4.79 Å². The molecule has 0 aliphatic heterocycles. The molecule has 0 saturated carbocycles. The van der Waals surface area contributed by atoms with Gasteiger partial charge >= 0.3 is 5.97 Å². The van der Waals surface area contributed by atoms with E-state index in [1.54, 1.807) is 18.2 Å². The van der Waals surface area contributed by atoms with Crippen molar-refractivity contribution in [3.05, 3.63) is 40.6 Å². The van der Waals surface area contributed by atoms with E-state index in [0.29, 0.717) is 5.56 Å². The summed E-state index contributed by atoms with van der Waals surface area (Å²) in [5.41, 5.74) is -0.0232. The lowest BCUT2D eigenvalue weighted by Gasteiger charge is -2.00. The maximum absolute atomic E-state index is 12.7. The van der Waals surface area contributed by atoms with Gasteiger partial charge in [0.2, 0.25) is 0 Å². The molecule has 1 aromatic carbocycles. The molecule has 0 amide bonds. The van der Waals surface area contributed by atoms with Crippen LogP contribution in [0.15, 0.2) is 35.1 Å². The smallest absolute Gasteiger partial charge is 0.339 e. The van der Waals surface area contributed by atoms with Crippen LogP contribution in [0.2, 0.25) is 0 Å². The van der Waals surface area contributed by atoms with Crippen molar-refractivity contribution in [1.82, 2.24) is 0 Å². The molecule has 0 aliphatic carbocycles. The first-order valence-corrected chi connectivity index (χ1v) is 4.26. The molecular weight excluding hydrogens is 239 g/mol.